The molecule has 1 atom stereocenters. The highest BCUT2D eigenvalue weighted by molar-refractivity contribution is 7.15. The highest BCUT2D eigenvalue weighted by Gasteiger charge is 2.26. The summed E-state index contributed by atoms with van der Waals surface area (Å²) in [6, 6.07) is 4.10. The first-order valence-corrected chi connectivity index (χ1v) is 10.1. The molecule has 1 saturated heterocycles. The van der Waals surface area contributed by atoms with E-state index in [2.05, 4.69) is 48.8 Å². The number of hydrogen-bond donors (Lipinski definition) is 0. The van der Waals surface area contributed by atoms with Crippen molar-refractivity contribution in [2.75, 3.05) is 18.0 Å². The fourth-order valence-corrected chi connectivity index (χ4v) is 4.53. The van der Waals surface area contributed by atoms with E-state index in [1.165, 1.54) is 12.0 Å². The lowest BCUT2D eigenvalue weighted by Gasteiger charge is -2.32. The first kappa shape index (κ1) is 17.1. The number of imidazole rings is 1. The Morgan fingerprint density at radius 1 is 1.27 bits per heavy atom. The first-order valence-electron chi connectivity index (χ1n) is 9.30. The molecule has 0 radical (unpaired) electrons. The highest BCUT2D eigenvalue weighted by atomic mass is 32.1. The van der Waals surface area contributed by atoms with Crippen molar-refractivity contribution in [3.8, 4) is 0 Å². The van der Waals surface area contributed by atoms with E-state index in [1.807, 2.05) is 24.7 Å². The van der Waals surface area contributed by atoms with E-state index in [0.29, 0.717) is 5.92 Å². The number of piperidine rings is 1. The van der Waals surface area contributed by atoms with Gasteiger partial charge in [-0.2, -0.15) is 0 Å². The van der Waals surface area contributed by atoms with Crippen molar-refractivity contribution in [3.63, 3.8) is 0 Å². The van der Waals surface area contributed by atoms with E-state index in [9.17, 15) is 0 Å². The Hall–Kier alpha value is -2.28. The predicted octanol–water partition coefficient (Wildman–Crippen LogP) is 3.51. The number of pyridine rings is 1. The van der Waals surface area contributed by atoms with E-state index in [-0.39, 0.29) is 0 Å². The molecule has 1 aliphatic heterocycles. The van der Waals surface area contributed by atoms with E-state index in [1.54, 1.807) is 11.3 Å². The van der Waals surface area contributed by atoms with Crippen LogP contribution in [0.1, 0.15) is 48.5 Å². The molecular formula is C19H24N6S. The van der Waals surface area contributed by atoms with Crippen molar-refractivity contribution in [2.45, 2.75) is 45.1 Å². The first-order chi connectivity index (χ1) is 12.8. The Morgan fingerprint density at radius 3 is 3.08 bits per heavy atom. The van der Waals surface area contributed by atoms with Gasteiger partial charge in [0.1, 0.15) is 10.8 Å². The normalized spacial score (nSPS) is 17.6. The van der Waals surface area contributed by atoms with E-state index >= 15 is 0 Å². The van der Waals surface area contributed by atoms with Crippen molar-refractivity contribution < 1.29 is 0 Å². The van der Waals surface area contributed by atoms with Crippen molar-refractivity contribution >= 4 is 16.5 Å². The Morgan fingerprint density at radius 2 is 2.23 bits per heavy atom. The predicted molar refractivity (Wildman–Crippen MR) is 104 cm³/mol. The molecule has 1 fully saturated rings. The number of anilines is 1. The third-order valence-corrected chi connectivity index (χ3v) is 5.84. The third kappa shape index (κ3) is 3.77. The molecule has 0 aliphatic carbocycles. The summed E-state index contributed by atoms with van der Waals surface area (Å²) in [4.78, 5) is 11.3. The summed E-state index contributed by atoms with van der Waals surface area (Å²) in [6.45, 7) is 5.02. The van der Waals surface area contributed by atoms with Gasteiger partial charge in [-0.3, -0.25) is 4.98 Å². The molecule has 26 heavy (non-hydrogen) atoms. The minimum absolute atomic E-state index is 0.425. The van der Waals surface area contributed by atoms with Crippen LogP contribution in [0, 0.1) is 0 Å². The second-order valence-electron chi connectivity index (χ2n) is 6.79. The molecule has 4 rings (SSSR count). The van der Waals surface area contributed by atoms with Crippen LogP contribution in [0.4, 0.5) is 5.13 Å². The number of nitrogens with zero attached hydrogens (tertiary/aromatic N) is 6. The van der Waals surface area contributed by atoms with Crippen LogP contribution < -0.4 is 4.90 Å². The van der Waals surface area contributed by atoms with Crippen LogP contribution in [0.3, 0.4) is 0 Å². The average molecular weight is 369 g/mol. The summed E-state index contributed by atoms with van der Waals surface area (Å²) >= 11 is 1.74. The van der Waals surface area contributed by atoms with Crippen LogP contribution in [-0.2, 0) is 13.0 Å². The zero-order valence-electron chi connectivity index (χ0n) is 15.1. The van der Waals surface area contributed by atoms with Gasteiger partial charge in [0.25, 0.3) is 0 Å². The summed E-state index contributed by atoms with van der Waals surface area (Å²) in [5.74, 6) is 1.59. The summed E-state index contributed by atoms with van der Waals surface area (Å²) in [5.41, 5.74) is 1.20. The number of aromatic nitrogens is 5. The maximum absolute atomic E-state index is 4.68. The van der Waals surface area contributed by atoms with Gasteiger partial charge in [0.05, 0.1) is 6.54 Å². The Balaban J connectivity index is 1.49. The van der Waals surface area contributed by atoms with Crippen LogP contribution in [-0.4, -0.2) is 37.8 Å². The topological polar surface area (TPSA) is 59.7 Å². The van der Waals surface area contributed by atoms with Crippen molar-refractivity contribution in [3.05, 3.63) is 53.3 Å². The quantitative estimate of drug-likeness (QED) is 0.666. The van der Waals surface area contributed by atoms with E-state index in [4.69, 9.17) is 0 Å². The van der Waals surface area contributed by atoms with Gasteiger partial charge >= 0.3 is 0 Å². The average Bonchev–Trinajstić information content (AvgIpc) is 3.33. The number of aryl methyl sites for hydroxylation is 1. The lowest BCUT2D eigenvalue weighted by molar-refractivity contribution is 0.475. The van der Waals surface area contributed by atoms with Gasteiger partial charge in [0.2, 0.25) is 5.13 Å². The maximum Gasteiger partial charge on any atom is 0.208 e. The molecule has 1 unspecified atom stereocenters. The van der Waals surface area contributed by atoms with Gasteiger partial charge in [-0.1, -0.05) is 24.3 Å². The zero-order chi connectivity index (χ0) is 17.8. The van der Waals surface area contributed by atoms with Crippen molar-refractivity contribution in [1.82, 2.24) is 24.7 Å². The van der Waals surface area contributed by atoms with Crippen LogP contribution in [0.5, 0.6) is 0 Å². The van der Waals surface area contributed by atoms with E-state index in [0.717, 1.165) is 54.9 Å². The molecule has 0 saturated carbocycles. The number of rotatable bonds is 6. The summed E-state index contributed by atoms with van der Waals surface area (Å²) < 4.78 is 2.26. The standard InChI is InChI=1S/C19H24N6S/c1-2-5-17-22-23-19(26-17)25-10-4-7-16(14-25)18-21-9-11-24(18)13-15-6-3-8-20-12-15/h3,6,8-9,11-12,16H,2,4-5,7,10,13-14H2,1H3. The third-order valence-electron chi connectivity index (χ3n) is 4.80. The van der Waals surface area contributed by atoms with Gasteiger partial charge in [-0.25, -0.2) is 4.98 Å². The highest BCUT2D eigenvalue weighted by Crippen LogP contribution is 2.31. The maximum atomic E-state index is 4.68. The minimum Gasteiger partial charge on any atom is -0.346 e. The Bertz CT molecular complexity index is 827. The van der Waals surface area contributed by atoms with Crippen molar-refractivity contribution in [2.24, 2.45) is 0 Å². The molecular weight excluding hydrogens is 344 g/mol. The van der Waals surface area contributed by atoms with Crippen LogP contribution >= 0.6 is 11.3 Å². The SMILES string of the molecule is CCCc1nnc(N2CCCC(c3nccn3Cc3cccnc3)C2)s1. The lowest BCUT2D eigenvalue weighted by Crippen LogP contribution is -2.35. The molecule has 3 aromatic heterocycles. The van der Waals surface area contributed by atoms with Crippen LogP contribution in [0.15, 0.2) is 36.9 Å². The summed E-state index contributed by atoms with van der Waals surface area (Å²) in [6.07, 6.45) is 12.2. The fraction of sp³-hybridized carbons (Fsp3) is 0.474. The summed E-state index contributed by atoms with van der Waals surface area (Å²) in [7, 11) is 0. The molecule has 0 aromatic carbocycles. The molecule has 6 nitrogen and oxygen atoms in total. The molecule has 1 aliphatic rings. The second-order valence-corrected chi connectivity index (χ2v) is 7.83. The molecule has 0 N–H and O–H groups in total. The fourth-order valence-electron chi connectivity index (χ4n) is 3.55. The molecule has 0 bridgehead atoms. The van der Waals surface area contributed by atoms with E-state index < -0.39 is 0 Å². The molecule has 0 spiro atoms. The van der Waals surface area contributed by atoms with Crippen LogP contribution in [0.2, 0.25) is 0 Å². The molecule has 0 amide bonds. The summed E-state index contributed by atoms with van der Waals surface area (Å²) in [5, 5.41) is 11.0. The monoisotopic (exact) mass is 368 g/mol. The molecule has 3 aromatic rings. The zero-order valence-corrected chi connectivity index (χ0v) is 15.9. The van der Waals surface area contributed by atoms with Gasteiger partial charge in [0.15, 0.2) is 0 Å². The second kappa shape index (κ2) is 7.95. The Labute approximate surface area is 157 Å². The largest absolute Gasteiger partial charge is 0.346 e. The van der Waals surface area contributed by atoms with Crippen molar-refractivity contribution in [1.29, 1.82) is 0 Å². The lowest BCUT2D eigenvalue weighted by atomic mass is 9.97. The molecule has 4 heterocycles. The van der Waals surface area contributed by atoms with Gasteiger partial charge in [0, 0.05) is 50.2 Å². The smallest absolute Gasteiger partial charge is 0.208 e. The Kier molecular flexibility index (Phi) is 5.24. The van der Waals surface area contributed by atoms with Gasteiger partial charge in [-0.15, -0.1) is 10.2 Å². The molecule has 136 valence electrons. The minimum atomic E-state index is 0.425. The van der Waals surface area contributed by atoms with Gasteiger partial charge < -0.3 is 9.47 Å². The number of hydrogen-bond acceptors (Lipinski definition) is 6. The van der Waals surface area contributed by atoms with Gasteiger partial charge in [-0.05, 0) is 30.9 Å². The van der Waals surface area contributed by atoms with Crippen LogP contribution in [0.25, 0.3) is 0 Å². The molecule has 7 heteroatoms.